The normalized spacial score (nSPS) is 22.4. The van der Waals surface area contributed by atoms with E-state index in [2.05, 4.69) is 52.3 Å². The summed E-state index contributed by atoms with van der Waals surface area (Å²) in [5.41, 5.74) is 0. The molecule has 10 heteroatoms. The van der Waals surface area contributed by atoms with Crippen molar-refractivity contribution in [2.45, 2.75) is 64.2 Å². The first-order valence-corrected chi connectivity index (χ1v) is 16.1. The van der Waals surface area contributed by atoms with E-state index in [0.717, 1.165) is 105 Å². The van der Waals surface area contributed by atoms with Gasteiger partial charge in [0.2, 0.25) is 0 Å². The maximum Gasteiger partial charge on any atom is 0.0492 e. The molecular weight excluding hydrogens is 476 g/mol. The van der Waals surface area contributed by atoms with Crippen molar-refractivity contribution in [1.29, 1.82) is 0 Å². The number of nitrogens with zero attached hydrogens (tertiary/aromatic N) is 2. The molecule has 2 aliphatic heterocycles. The molecule has 226 valence electrons. The Morgan fingerprint density at radius 2 is 0.553 bits per heavy atom. The Labute approximate surface area is 234 Å². The highest BCUT2D eigenvalue weighted by Crippen LogP contribution is 2.09. The summed E-state index contributed by atoms with van der Waals surface area (Å²) in [5, 5.41) is 28.5. The van der Waals surface area contributed by atoms with Gasteiger partial charge >= 0.3 is 0 Å². The molecule has 0 saturated carbocycles. The third-order valence-electron chi connectivity index (χ3n) is 7.37. The van der Waals surface area contributed by atoms with Crippen LogP contribution in [-0.4, -0.2) is 128 Å². The smallest absolute Gasteiger partial charge is 0.0492 e. The van der Waals surface area contributed by atoms with Crippen LogP contribution in [0.3, 0.4) is 0 Å². The fourth-order valence-corrected chi connectivity index (χ4v) is 4.99. The van der Waals surface area contributed by atoms with Gasteiger partial charge in [-0.2, -0.15) is 0 Å². The first kappa shape index (κ1) is 33.8. The zero-order chi connectivity index (χ0) is 26.6. The lowest BCUT2D eigenvalue weighted by atomic mass is 10.1. The molecule has 0 aromatic rings. The molecule has 0 atom stereocenters. The van der Waals surface area contributed by atoms with Crippen LogP contribution in [0.4, 0.5) is 0 Å². The molecule has 0 aromatic carbocycles. The van der Waals surface area contributed by atoms with Crippen molar-refractivity contribution in [3.05, 3.63) is 0 Å². The van der Waals surface area contributed by atoms with E-state index >= 15 is 0 Å². The second-order valence-corrected chi connectivity index (χ2v) is 11.0. The molecule has 0 aliphatic carbocycles. The van der Waals surface area contributed by atoms with Gasteiger partial charge in [0.15, 0.2) is 0 Å². The summed E-state index contributed by atoms with van der Waals surface area (Å²) >= 11 is 0. The number of hydrogen-bond acceptors (Lipinski definition) is 10. The Balaban J connectivity index is 1.44. The predicted octanol–water partition coefficient (Wildman–Crippen LogP) is 0.0654. The quantitative estimate of drug-likeness (QED) is 0.172. The summed E-state index contributed by atoms with van der Waals surface area (Å²) in [5.74, 6) is 0. The highest BCUT2D eigenvalue weighted by atomic mass is 15.3. The molecule has 10 nitrogen and oxygen atoms in total. The average molecular weight is 541 g/mol. The van der Waals surface area contributed by atoms with Crippen LogP contribution in [-0.2, 0) is 0 Å². The molecule has 2 aliphatic rings. The van der Waals surface area contributed by atoms with E-state index in [9.17, 15) is 0 Å². The van der Waals surface area contributed by atoms with E-state index in [0.29, 0.717) is 0 Å². The van der Waals surface area contributed by atoms with Gasteiger partial charge in [-0.25, -0.2) is 0 Å². The van der Waals surface area contributed by atoms with E-state index in [-0.39, 0.29) is 0 Å². The van der Waals surface area contributed by atoms with Crippen LogP contribution in [0.25, 0.3) is 0 Å². The lowest BCUT2D eigenvalue weighted by molar-refractivity contribution is 0.227. The van der Waals surface area contributed by atoms with Crippen molar-refractivity contribution in [2.24, 2.45) is 0 Å². The molecule has 0 spiro atoms. The minimum absolute atomic E-state index is 0.984. The topological polar surface area (TPSA) is 103 Å². The molecule has 0 bridgehead atoms. The Morgan fingerprint density at radius 1 is 0.289 bits per heavy atom. The van der Waals surface area contributed by atoms with Gasteiger partial charge in [-0.1, -0.05) is 38.5 Å². The second-order valence-electron chi connectivity index (χ2n) is 11.0. The summed E-state index contributed by atoms with van der Waals surface area (Å²) in [7, 11) is 0. The summed E-state index contributed by atoms with van der Waals surface area (Å²) in [6, 6.07) is 0. The number of unbranched alkanes of at least 4 members (excludes halogenated alkanes) is 7. The molecule has 0 aromatic heterocycles. The van der Waals surface area contributed by atoms with E-state index in [1.54, 1.807) is 0 Å². The van der Waals surface area contributed by atoms with Crippen molar-refractivity contribution in [3.63, 3.8) is 0 Å². The van der Waals surface area contributed by atoms with Crippen molar-refractivity contribution in [3.8, 4) is 0 Å². The maximum atomic E-state index is 3.61. The van der Waals surface area contributed by atoms with Gasteiger partial charge in [-0.15, -0.1) is 0 Å². The van der Waals surface area contributed by atoms with Crippen molar-refractivity contribution >= 4 is 0 Å². The van der Waals surface area contributed by atoms with Gasteiger partial charge in [0, 0.05) is 92.1 Å². The van der Waals surface area contributed by atoms with Crippen molar-refractivity contribution in [2.75, 3.05) is 118 Å². The maximum absolute atomic E-state index is 3.61. The zero-order valence-corrected chi connectivity index (χ0v) is 24.7. The van der Waals surface area contributed by atoms with Crippen LogP contribution in [0.1, 0.15) is 64.2 Å². The van der Waals surface area contributed by atoms with Gasteiger partial charge in [-0.3, -0.25) is 9.80 Å². The van der Waals surface area contributed by atoms with E-state index in [1.807, 2.05) is 0 Å². The highest BCUT2D eigenvalue weighted by Gasteiger charge is 2.06. The summed E-state index contributed by atoms with van der Waals surface area (Å²) in [6.45, 7) is 19.1. The average Bonchev–Trinajstić information content (AvgIpc) is 2.93. The molecule has 0 radical (unpaired) electrons. The van der Waals surface area contributed by atoms with Crippen LogP contribution in [0.15, 0.2) is 0 Å². The fourth-order valence-electron chi connectivity index (χ4n) is 4.99. The van der Waals surface area contributed by atoms with E-state index < -0.39 is 0 Å². The third kappa shape index (κ3) is 21.4. The molecule has 2 heterocycles. The molecule has 0 unspecified atom stereocenters. The third-order valence-corrected chi connectivity index (χ3v) is 7.37. The summed E-state index contributed by atoms with van der Waals surface area (Å²) in [6.07, 6.45) is 13.3. The largest absolute Gasteiger partial charge is 0.315 e. The molecule has 2 saturated heterocycles. The minimum atomic E-state index is 0.984. The standard InChI is InChI=1S/C28H64N10/c1(3-5-7-23-37-25-33-19-15-29-11-9-12-30-16-20-34-26-37)2-4-6-8-24-38-27-35-21-17-31-13-10-14-32-18-22-36-28-38/h29-36H,1-28H2. The van der Waals surface area contributed by atoms with Gasteiger partial charge in [-0.05, 0) is 51.9 Å². The Kier molecular flexibility index (Phi) is 23.8. The first-order chi connectivity index (χ1) is 18.9. The molecule has 2 rings (SSSR count). The van der Waals surface area contributed by atoms with Gasteiger partial charge in [0.25, 0.3) is 0 Å². The van der Waals surface area contributed by atoms with E-state index in [1.165, 1.54) is 77.3 Å². The first-order valence-electron chi connectivity index (χ1n) is 16.1. The van der Waals surface area contributed by atoms with Gasteiger partial charge < -0.3 is 42.5 Å². The van der Waals surface area contributed by atoms with Crippen LogP contribution in [0.5, 0.6) is 0 Å². The second kappa shape index (κ2) is 26.8. The molecule has 8 N–H and O–H groups in total. The van der Waals surface area contributed by atoms with Crippen LogP contribution in [0, 0.1) is 0 Å². The number of hydrogen-bond donors (Lipinski definition) is 8. The molecule has 38 heavy (non-hydrogen) atoms. The Morgan fingerprint density at radius 3 is 0.868 bits per heavy atom. The molecular formula is C28H64N10. The highest BCUT2D eigenvalue weighted by molar-refractivity contribution is 4.63. The molecule has 2 fully saturated rings. The monoisotopic (exact) mass is 541 g/mol. The lowest BCUT2D eigenvalue weighted by Crippen LogP contribution is -2.44. The van der Waals surface area contributed by atoms with Crippen LogP contribution >= 0.6 is 0 Å². The summed E-state index contributed by atoms with van der Waals surface area (Å²) < 4.78 is 0. The SMILES string of the molecule is C(CCCCCN1CNCCNCCCNCCNC1)CCCCN1CNCCNCCCNCCNC1. The van der Waals surface area contributed by atoms with Crippen LogP contribution in [0.2, 0.25) is 0 Å². The van der Waals surface area contributed by atoms with Crippen molar-refractivity contribution in [1.82, 2.24) is 52.3 Å². The zero-order valence-electron chi connectivity index (χ0n) is 24.7. The Bertz CT molecular complexity index is 415. The summed E-state index contributed by atoms with van der Waals surface area (Å²) in [4.78, 5) is 5.06. The van der Waals surface area contributed by atoms with E-state index in [4.69, 9.17) is 0 Å². The lowest BCUT2D eigenvalue weighted by Gasteiger charge is -2.24. The van der Waals surface area contributed by atoms with Crippen molar-refractivity contribution < 1.29 is 0 Å². The number of nitrogens with one attached hydrogen (secondary N) is 8. The van der Waals surface area contributed by atoms with Gasteiger partial charge in [0.1, 0.15) is 0 Å². The fraction of sp³-hybridized carbons (Fsp3) is 1.00. The predicted molar refractivity (Wildman–Crippen MR) is 163 cm³/mol. The number of rotatable bonds is 11. The minimum Gasteiger partial charge on any atom is -0.315 e. The van der Waals surface area contributed by atoms with Gasteiger partial charge in [0.05, 0.1) is 0 Å². The molecule has 0 amide bonds. The van der Waals surface area contributed by atoms with Crippen LogP contribution < -0.4 is 42.5 Å². The Hall–Kier alpha value is -0.400.